The van der Waals surface area contributed by atoms with E-state index in [1.54, 1.807) is 7.11 Å². The summed E-state index contributed by atoms with van der Waals surface area (Å²) in [6, 6.07) is 0. The third kappa shape index (κ3) is 3.24. The summed E-state index contributed by atoms with van der Waals surface area (Å²) in [6.45, 7) is 18.6. The van der Waals surface area contributed by atoms with E-state index in [1.165, 1.54) is 6.42 Å². The second kappa shape index (κ2) is 6.98. The number of hydrogen-bond donors (Lipinski definition) is 0. The predicted octanol–water partition coefficient (Wildman–Crippen LogP) is 4.51. The monoisotopic (exact) mass is 428 g/mol. The Morgan fingerprint density at radius 3 is 2.26 bits per heavy atom. The van der Waals surface area contributed by atoms with Crippen molar-refractivity contribution in [3.8, 4) is 5.75 Å². The van der Waals surface area contributed by atoms with E-state index in [0.717, 1.165) is 28.6 Å². The van der Waals surface area contributed by atoms with Crippen LogP contribution < -0.4 is 10.2 Å². The van der Waals surface area contributed by atoms with E-state index in [0.29, 0.717) is 23.1 Å². The Bertz CT molecular complexity index is 931. The highest BCUT2D eigenvalue weighted by Gasteiger charge is 2.68. The van der Waals surface area contributed by atoms with E-state index in [-0.39, 0.29) is 23.1 Å². The average Bonchev–Trinajstić information content (AvgIpc) is 3.00. The van der Waals surface area contributed by atoms with E-state index >= 15 is 0 Å². The largest absolute Gasteiger partial charge is 0.498 e. The molecule has 3 saturated carbocycles. The van der Waals surface area contributed by atoms with Crippen molar-refractivity contribution >= 4 is 18.6 Å². The summed E-state index contributed by atoms with van der Waals surface area (Å²) in [5.74, 6) is 1.28. The van der Waals surface area contributed by atoms with Crippen LogP contribution in [0.4, 0.5) is 0 Å². The zero-order chi connectivity index (χ0) is 23.1. The second-order valence-corrected chi connectivity index (χ2v) is 11.5. The van der Waals surface area contributed by atoms with Gasteiger partial charge in [0.1, 0.15) is 16.9 Å². The maximum atomic E-state index is 13.2. The van der Waals surface area contributed by atoms with Gasteiger partial charge >= 0.3 is 13.1 Å². The molecule has 5 rings (SSSR count). The molecule has 1 saturated heterocycles. The zero-order valence-electron chi connectivity index (χ0n) is 20.8. The number of methoxy groups -OCH3 is 1. The average molecular weight is 428 g/mol. The van der Waals surface area contributed by atoms with Crippen LogP contribution in [0.3, 0.4) is 0 Å². The van der Waals surface area contributed by atoms with Crippen molar-refractivity contribution in [3.63, 3.8) is 0 Å². The molecule has 0 radical (unpaired) electrons. The normalized spacial score (nSPS) is 31.2. The number of ether oxygens (including phenoxy) is 2. The first-order valence-corrected chi connectivity index (χ1v) is 11.5. The van der Waals surface area contributed by atoms with Crippen LogP contribution >= 0.6 is 0 Å². The van der Waals surface area contributed by atoms with Gasteiger partial charge in [0.25, 0.3) is 0 Å². The van der Waals surface area contributed by atoms with Crippen LogP contribution in [-0.2, 0) is 14.0 Å². The molecule has 1 aromatic rings. The molecule has 4 fully saturated rings. The summed E-state index contributed by atoms with van der Waals surface area (Å²) in [7, 11) is 1.05. The van der Waals surface area contributed by atoms with Gasteiger partial charge in [0.05, 0.1) is 18.8 Å². The number of carbonyl (C=O) groups excluding carboxylic acids is 1. The Hall–Kier alpha value is -1.53. The lowest BCUT2D eigenvalue weighted by molar-refractivity contribution is -0.199. The van der Waals surface area contributed by atoms with Gasteiger partial charge in [-0.15, -0.1) is 0 Å². The van der Waals surface area contributed by atoms with Crippen molar-refractivity contribution in [2.75, 3.05) is 7.11 Å². The lowest BCUT2D eigenvalue weighted by Gasteiger charge is -2.64. The molecular formula is C25H37BO5. The van der Waals surface area contributed by atoms with Crippen LogP contribution in [0.15, 0.2) is 0 Å². The minimum atomic E-state index is -0.594. The Morgan fingerprint density at radius 1 is 1.06 bits per heavy atom. The van der Waals surface area contributed by atoms with Crippen LogP contribution in [0.2, 0.25) is 0 Å². The lowest BCUT2D eigenvalue weighted by Crippen LogP contribution is -2.65. The fraction of sp³-hybridized carbons (Fsp3) is 0.720. The Morgan fingerprint density at radius 2 is 1.71 bits per heavy atom. The summed E-state index contributed by atoms with van der Waals surface area (Å²) >= 11 is 0. The molecule has 0 aromatic heterocycles. The van der Waals surface area contributed by atoms with Gasteiger partial charge in [-0.2, -0.15) is 0 Å². The molecule has 0 spiro atoms. The van der Waals surface area contributed by atoms with Crippen LogP contribution in [0.25, 0.3) is 0 Å². The first kappa shape index (κ1) is 22.7. The second-order valence-electron chi connectivity index (χ2n) is 11.5. The molecule has 4 atom stereocenters. The molecule has 31 heavy (non-hydrogen) atoms. The van der Waals surface area contributed by atoms with Crippen molar-refractivity contribution in [3.05, 3.63) is 22.3 Å². The number of esters is 1. The summed E-state index contributed by atoms with van der Waals surface area (Å²) in [5.41, 5.74) is 3.58. The number of benzene rings is 1. The minimum absolute atomic E-state index is 0.0602. The van der Waals surface area contributed by atoms with Gasteiger partial charge in [0.15, 0.2) is 0 Å². The molecule has 0 N–H and O–H groups in total. The molecule has 3 aliphatic carbocycles. The zero-order valence-corrected chi connectivity index (χ0v) is 20.8. The van der Waals surface area contributed by atoms with Crippen molar-refractivity contribution < 1.29 is 23.6 Å². The minimum Gasteiger partial charge on any atom is -0.496 e. The van der Waals surface area contributed by atoms with E-state index in [2.05, 4.69) is 27.7 Å². The van der Waals surface area contributed by atoms with Gasteiger partial charge in [-0.1, -0.05) is 13.8 Å². The molecule has 2 bridgehead atoms. The highest BCUT2D eigenvalue weighted by atomic mass is 16.7. The van der Waals surface area contributed by atoms with Crippen LogP contribution in [0.1, 0.15) is 81.4 Å². The quantitative estimate of drug-likeness (QED) is 0.524. The van der Waals surface area contributed by atoms with Crippen molar-refractivity contribution in [1.82, 2.24) is 0 Å². The summed E-state index contributed by atoms with van der Waals surface area (Å²) in [6.07, 6.45) is 2.27. The molecule has 6 heteroatoms. The molecule has 5 nitrogen and oxygen atoms in total. The number of rotatable bonds is 3. The number of hydrogen-bond acceptors (Lipinski definition) is 5. The smallest absolute Gasteiger partial charge is 0.496 e. The van der Waals surface area contributed by atoms with Crippen molar-refractivity contribution in [1.29, 1.82) is 0 Å². The van der Waals surface area contributed by atoms with Gasteiger partial charge < -0.3 is 18.8 Å². The molecular weight excluding hydrogens is 391 g/mol. The summed E-state index contributed by atoms with van der Waals surface area (Å²) in [4.78, 5) is 13.2. The number of carbonyl (C=O) groups is 1. The molecule has 1 heterocycles. The van der Waals surface area contributed by atoms with Gasteiger partial charge in [0, 0.05) is 5.46 Å². The van der Waals surface area contributed by atoms with Crippen LogP contribution in [-0.4, -0.2) is 37.5 Å². The maximum Gasteiger partial charge on any atom is 0.498 e. The standard InChI is InChI=1S/C25H37BO5/c1-13-14(2)19(22(27)29-23(4,5)6)21(28-10)20(15(13)3)26-30-18-12-16-11-17(24(16,7)8)25(18,9)31-26/h16-18H,11-12H2,1-10H3/t16-,17-,18?,25-/m0/s1. The predicted molar refractivity (Wildman–Crippen MR) is 122 cm³/mol. The Labute approximate surface area is 187 Å². The summed E-state index contributed by atoms with van der Waals surface area (Å²) < 4.78 is 24.8. The molecule has 4 aliphatic rings. The fourth-order valence-electron chi connectivity index (χ4n) is 6.21. The van der Waals surface area contributed by atoms with Gasteiger partial charge in [-0.25, -0.2) is 4.79 Å². The van der Waals surface area contributed by atoms with E-state index in [1.807, 2.05) is 34.6 Å². The first-order chi connectivity index (χ1) is 14.2. The molecule has 1 unspecified atom stereocenters. The van der Waals surface area contributed by atoms with E-state index in [4.69, 9.17) is 18.8 Å². The van der Waals surface area contributed by atoms with Crippen LogP contribution in [0.5, 0.6) is 5.75 Å². The third-order valence-corrected chi connectivity index (χ3v) is 8.37. The fourth-order valence-corrected chi connectivity index (χ4v) is 6.21. The third-order valence-electron chi connectivity index (χ3n) is 8.37. The van der Waals surface area contributed by atoms with Crippen molar-refractivity contribution in [2.45, 2.75) is 92.5 Å². The highest BCUT2D eigenvalue weighted by molar-refractivity contribution is 6.64. The van der Waals surface area contributed by atoms with Crippen molar-refractivity contribution in [2.24, 2.45) is 17.3 Å². The first-order valence-electron chi connectivity index (χ1n) is 11.5. The van der Waals surface area contributed by atoms with Crippen LogP contribution in [0, 0.1) is 38.0 Å². The Balaban J connectivity index is 1.78. The molecule has 1 aliphatic heterocycles. The van der Waals surface area contributed by atoms with Gasteiger partial charge in [0.2, 0.25) is 0 Å². The molecule has 1 aromatic carbocycles. The van der Waals surface area contributed by atoms with Gasteiger partial charge in [-0.05, 0) is 95.2 Å². The molecule has 0 amide bonds. The molecule has 170 valence electrons. The van der Waals surface area contributed by atoms with E-state index < -0.39 is 12.7 Å². The summed E-state index contributed by atoms with van der Waals surface area (Å²) in [5, 5.41) is 0. The topological polar surface area (TPSA) is 54.0 Å². The SMILES string of the molecule is COc1c(B2OC3C[C@@H]4C[C@@H](C4(C)C)[C@]3(C)O2)c(C)c(C)c(C)c1C(=O)OC(C)(C)C. The lowest BCUT2D eigenvalue weighted by atomic mass is 9.43. The van der Waals surface area contributed by atoms with Gasteiger partial charge in [-0.3, -0.25) is 0 Å². The highest BCUT2D eigenvalue weighted by Crippen LogP contribution is 2.65. The van der Waals surface area contributed by atoms with E-state index in [9.17, 15) is 4.79 Å². The maximum absolute atomic E-state index is 13.2. The Kier molecular flexibility index (Phi) is 5.11.